The molecule has 0 saturated carbocycles. The van der Waals surface area contributed by atoms with E-state index in [1.807, 2.05) is 12.1 Å². The zero-order chi connectivity index (χ0) is 18.7. The van der Waals surface area contributed by atoms with Gasteiger partial charge in [0.2, 0.25) is 0 Å². The van der Waals surface area contributed by atoms with Crippen LogP contribution in [0.4, 0.5) is 4.39 Å². The summed E-state index contributed by atoms with van der Waals surface area (Å²) in [5, 5.41) is 0.481. The number of hydrogen-bond acceptors (Lipinski definition) is 5. The van der Waals surface area contributed by atoms with Crippen LogP contribution in [0.3, 0.4) is 0 Å². The number of aromatic nitrogens is 1. The van der Waals surface area contributed by atoms with Crippen LogP contribution in [0.5, 0.6) is 5.75 Å². The summed E-state index contributed by atoms with van der Waals surface area (Å²) in [7, 11) is 0. The molecular formula is C19H11BrFNO3S2. The molecular weight excluding hydrogens is 453 g/mol. The third-order valence-electron chi connectivity index (χ3n) is 4.84. The van der Waals surface area contributed by atoms with Crippen LogP contribution < -0.4 is 9.61 Å². The molecule has 3 aromatic rings. The second kappa shape index (κ2) is 6.32. The Balaban J connectivity index is 1.74. The molecule has 0 saturated heterocycles. The summed E-state index contributed by atoms with van der Waals surface area (Å²) in [4.78, 5) is 28.6. The van der Waals surface area contributed by atoms with Crippen LogP contribution in [0.25, 0.3) is 0 Å². The molecule has 3 heterocycles. The number of benzene rings is 2. The first-order valence-electron chi connectivity index (χ1n) is 8.17. The van der Waals surface area contributed by atoms with Gasteiger partial charge in [0.15, 0.2) is 0 Å². The van der Waals surface area contributed by atoms with Crippen molar-refractivity contribution in [1.29, 1.82) is 0 Å². The topological polar surface area (TPSA) is 59.2 Å². The maximum atomic E-state index is 13.4. The number of hydrogen-bond donors (Lipinski definition) is 1. The van der Waals surface area contributed by atoms with Crippen LogP contribution in [0.15, 0.2) is 56.8 Å². The summed E-state index contributed by atoms with van der Waals surface area (Å²) in [5.74, 6) is -0.930. The average molecular weight is 464 g/mol. The smallest absolute Gasteiger partial charge is 0.316 e. The Bertz CT molecular complexity index is 1120. The molecule has 0 fully saturated rings. The van der Waals surface area contributed by atoms with Gasteiger partial charge >= 0.3 is 10.8 Å². The summed E-state index contributed by atoms with van der Waals surface area (Å²) in [5.41, 5.74) is 1.70. The molecule has 136 valence electrons. The van der Waals surface area contributed by atoms with Crippen molar-refractivity contribution in [3.8, 4) is 5.75 Å². The third-order valence-corrected chi connectivity index (χ3v) is 7.81. The largest absolute Gasteiger partial charge is 0.426 e. The Morgan fingerprint density at radius 2 is 1.89 bits per heavy atom. The molecule has 0 radical (unpaired) electrons. The number of fused-ring (bicyclic) bond motifs is 5. The van der Waals surface area contributed by atoms with E-state index in [0.717, 1.165) is 36.8 Å². The van der Waals surface area contributed by atoms with E-state index in [1.165, 1.54) is 23.9 Å². The lowest BCUT2D eigenvalue weighted by atomic mass is 9.78. The molecule has 3 atom stereocenters. The summed E-state index contributed by atoms with van der Waals surface area (Å²) >= 11 is 6.04. The lowest BCUT2D eigenvalue weighted by Crippen LogP contribution is -2.37. The molecule has 0 spiro atoms. The van der Waals surface area contributed by atoms with Gasteiger partial charge in [-0.05, 0) is 35.9 Å². The van der Waals surface area contributed by atoms with Gasteiger partial charge < -0.3 is 9.72 Å². The van der Waals surface area contributed by atoms with Crippen LogP contribution in [0.1, 0.15) is 27.2 Å². The number of rotatable bonds is 1. The highest BCUT2D eigenvalue weighted by Crippen LogP contribution is 2.58. The van der Waals surface area contributed by atoms with Crippen LogP contribution in [0.2, 0.25) is 0 Å². The van der Waals surface area contributed by atoms with Crippen molar-refractivity contribution in [2.24, 2.45) is 5.92 Å². The summed E-state index contributed by atoms with van der Waals surface area (Å²) < 4.78 is 19.9. The van der Waals surface area contributed by atoms with Crippen LogP contribution in [-0.4, -0.2) is 11.0 Å². The van der Waals surface area contributed by atoms with Gasteiger partial charge in [0.05, 0.1) is 16.2 Å². The number of carbonyl (C=O) groups excluding carboxylic acids is 1. The molecule has 0 bridgehead atoms. The number of ether oxygens (including phenoxy) is 1. The number of carbonyl (C=O) groups is 1. The SMILES string of the molecule is O=C1Oc2ccc(Br)cc2[C@@H]2c3sc(=O)[nH]c3S[C@H](c3ccc(F)cc3)[C@H]12. The maximum absolute atomic E-state index is 13.4. The van der Waals surface area contributed by atoms with E-state index >= 15 is 0 Å². The Hall–Kier alpha value is -1.90. The fourth-order valence-electron chi connectivity index (χ4n) is 3.71. The van der Waals surface area contributed by atoms with Gasteiger partial charge in [0.1, 0.15) is 11.6 Å². The highest BCUT2D eigenvalue weighted by Gasteiger charge is 2.49. The lowest BCUT2D eigenvalue weighted by Gasteiger charge is -2.39. The quantitative estimate of drug-likeness (QED) is 0.413. The highest BCUT2D eigenvalue weighted by atomic mass is 79.9. The van der Waals surface area contributed by atoms with Gasteiger partial charge in [-0.2, -0.15) is 0 Å². The molecule has 2 aliphatic rings. The molecule has 0 aliphatic carbocycles. The van der Waals surface area contributed by atoms with Crippen LogP contribution in [-0.2, 0) is 4.79 Å². The molecule has 2 aromatic carbocycles. The van der Waals surface area contributed by atoms with Crippen molar-refractivity contribution in [2.75, 3.05) is 0 Å². The second-order valence-electron chi connectivity index (χ2n) is 6.40. The van der Waals surface area contributed by atoms with Crippen molar-refractivity contribution < 1.29 is 13.9 Å². The van der Waals surface area contributed by atoms with Crippen molar-refractivity contribution in [3.63, 3.8) is 0 Å². The molecule has 0 unspecified atom stereocenters. The van der Waals surface area contributed by atoms with Gasteiger partial charge in [-0.15, -0.1) is 0 Å². The molecule has 8 heteroatoms. The Labute approximate surface area is 169 Å². The molecule has 4 nitrogen and oxygen atoms in total. The van der Waals surface area contributed by atoms with Crippen molar-refractivity contribution in [1.82, 2.24) is 4.98 Å². The Morgan fingerprint density at radius 3 is 2.67 bits per heavy atom. The molecule has 0 amide bonds. The van der Waals surface area contributed by atoms with Gasteiger partial charge in [0, 0.05) is 20.8 Å². The normalized spacial score (nSPS) is 23.2. The number of thioether (sulfide) groups is 1. The van der Waals surface area contributed by atoms with E-state index < -0.39 is 5.92 Å². The van der Waals surface area contributed by atoms with E-state index in [1.54, 1.807) is 18.2 Å². The molecule has 2 aliphatic heterocycles. The van der Waals surface area contributed by atoms with E-state index in [-0.39, 0.29) is 27.8 Å². The maximum Gasteiger partial charge on any atom is 0.316 e. The highest BCUT2D eigenvalue weighted by molar-refractivity contribution is 9.10. The summed E-state index contributed by atoms with van der Waals surface area (Å²) in [6.07, 6.45) is 0. The van der Waals surface area contributed by atoms with Gasteiger partial charge in [-0.25, -0.2) is 4.39 Å². The monoisotopic (exact) mass is 463 g/mol. The molecule has 27 heavy (non-hydrogen) atoms. The first kappa shape index (κ1) is 17.2. The number of nitrogens with one attached hydrogen (secondary N) is 1. The van der Waals surface area contributed by atoms with Crippen molar-refractivity contribution >= 4 is 45.0 Å². The van der Waals surface area contributed by atoms with E-state index in [9.17, 15) is 14.0 Å². The number of halogens is 2. The van der Waals surface area contributed by atoms with E-state index in [2.05, 4.69) is 20.9 Å². The van der Waals surface area contributed by atoms with Gasteiger partial charge in [0.25, 0.3) is 0 Å². The van der Waals surface area contributed by atoms with E-state index in [4.69, 9.17) is 4.74 Å². The second-order valence-corrected chi connectivity index (χ2v) is 9.49. The lowest BCUT2D eigenvalue weighted by molar-refractivity contribution is -0.140. The van der Waals surface area contributed by atoms with E-state index in [0.29, 0.717) is 5.75 Å². The first-order chi connectivity index (χ1) is 13.0. The minimum Gasteiger partial charge on any atom is -0.426 e. The molecule has 1 N–H and O–H groups in total. The summed E-state index contributed by atoms with van der Waals surface area (Å²) in [6.45, 7) is 0. The summed E-state index contributed by atoms with van der Waals surface area (Å²) in [6, 6.07) is 11.7. The predicted molar refractivity (Wildman–Crippen MR) is 105 cm³/mol. The van der Waals surface area contributed by atoms with Crippen molar-refractivity contribution in [3.05, 3.63) is 78.4 Å². The predicted octanol–water partition coefficient (Wildman–Crippen LogP) is 4.85. The Morgan fingerprint density at radius 1 is 1.11 bits per heavy atom. The third kappa shape index (κ3) is 2.78. The minimum atomic E-state index is -0.499. The minimum absolute atomic E-state index is 0.151. The standard InChI is InChI=1S/C19H11BrFNO3S2/c20-9-3-6-12-11(7-9)13-14(18(23)25-12)15(8-1-4-10(21)5-2-8)26-17-16(13)27-19(24)22-17/h1-7,13-15H,(H,22,24)/t13-,14+,15+/m0/s1. The average Bonchev–Trinajstić information content (AvgIpc) is 3.02. The number of H-pyrrole nitrogens is 1. The zero-order valence-corrected chi connectivity index (χ0v) is 16.8. The molecule has 5 rings (SSSR count). The number of thiazole rings is 1. The molecule has 1 aromatic heterocycles. The van der Waals surface area contributed by atoms with Gasteiger partial charge in [-0.1, -0.05) is 51.2 Å². The first-order valence-corrected chi connectivity index (χ1v) is 10.7. The fourth-order valence-corrected chi connectivity index (χ4v) is 6.68. The van der Waals surface area contributed by atoms with Crippen LogP contribution in [0, 0.1) is 11.7 Å². The van der Waals surface area contributed by atoms with Crippen LogP contribution >= 0.6 is 39.0 Å². The zero-order valence-electron chi connectivity index (χ0n) is 13.6. The number of aromatic amines is 1. The van der Waals surface area contributed by atoms with Gasteiger partial charge in [-0.3, -0.25) is 9.59 Å². The fraction of sp³-hybridized carbons (Fsp3) is 0.158. The Kier molecular flexibility index (Phi) is 4.03. The van der Waals surface area contributed by atoms with Crippen molar-refractivity contribution in [2.45, 2.75) is 16.2 Å². The number of esters is 1.